The van der Waals surface area contributed by atoms with E-state index in [1.807, 2.05) is 0 Å². The second kappa shape index (κ2) is 3.65. The molecule has 0 fully saturated rings. The lowest BCUT2D eigenvalue weighted by Gasteiger charge is -2.03. The third kappa shape index (κ3) is 1.54. The van der Waals surface area contributed by atoms with Crippen molar-refractivity contribution in [3.8, 4) is 0 Å². The Labute approximate surface area is 85.5 Å². The molecule has 15 heavy (non-hydrogen) atoms. The summed E-state index contributed by atoms with van der Waals surface area (Å²) in [4.78, 5) is 15.1. The lowest BCUT2D eigenvalue weighted by atomic mass is 10.1. The number of aromatic nitrogens is 1. The van der Waals surface area contributed by atoms with Crippen LogP contribution in [0, 0.1) is 5.82 Å². The van der Waals surface area contributed by atoms with Gasteiger partial charge < -0.3 is 4.74 Å². The van der Waals surface area contributed by atoms with Gasteiger partial charge in [0.15, 0.2) is 5.82 Å². The van der Waals surface area contributed by atoms with Crippen LogP contribution in [0.3, 0.4) is 0 Å². The van der Waals surface area contributed by atoms with E-state index in [2.05, 4.69) is 9.72 Å². The standard InChI is InChI=1S/C11H8FNO2/c1-15-11(14)8-5-4-7-3-2-6-13-10(7)9(8)12/h2-6H,1H3. The molecule has 0 atom stereocenters. The maximum absolute atomic E-state index is 13.7. The third-order valence-electron chi connectivity index (χ3n) is 2.12. The molecule has 0 amide bonds. The number of esters is 1. The Morgan fingerprint density at radius 2 is 2.20 bits per heavy atom. The molecule has 0 aliphatic carbocycles. The number of halogens is 1. The summed E-state index contributed by atoms with van der Waals surface area (Å²) in [6, 6.07) is 6.47. The number of hydrogen-bond acceptors (Lipinski definition) is 3. The molecule has 76 valence electrons. The minimum absolute atomic E-state index is 0.0938. The highest BCUT2D eigenvalue weighted by molar-refractivity contribution is 5.94. The molecule has 0 saturated heterocycles. The van der Waals surface area contributed by atoms with Crippen LogP contribution in [0.25, 0.3) is 10.9 Å². The van der Waals surface area contributed by atoms with Crippen LogP contribution < -0.4 is 0 Å². The van der Waals surface area contributed by atoms with E-state index in [4.69, 9.17) is 0 Å². The normalized spacial score (nSPS) is 10.3. The Balaban J connectivity index is 2.70. The topological polar surface area (TPSA) is 39.2 Å². The van der Waals surface area contributed by atoms with E-state index in [0.717, 1.165) is 0 Å². The Kier molecular flexibility index (Phi) is 2.33. The number of benzene rings is 1. The maximum atomic E-state index is 13.7. The van der Waals surface area contributed by atoms with Crippen molar-refractivity contribution in [2.75, 3.05) is 7.11 Å². The molecule has 4 heteroatoms. The number of ether oxygens (including phenoxy) is 1. The van der Waals surface area contributed by atoms with Gasteiger partial charge in [0.05, 0.1) is 12.7 Å². The smallest absolute Gasteiger partial charge is 0.340 e. The van der Waals surface area contributed by atoms with E-state index in [1.165, 1.54) is 19.4 Å². The summed E-state index contributed by atoms with van der Waals surface area (Å²) >= 11 is 0. The van der Waals surface area contributed by atoms with Crippen molar-refractivity contribution < 1.29 is 13.9 Å². The molecule has 0 aliphatic rings. The molecular weight excluding hydrogens is 197 g/mol. The summed E-state index contributed by atoms with van der Waals surface area (Å²) in [5.74, 6) is -1.33. The first-order valence-electron chi connectivity index (χ1n) is 4.35. The zero-order valence-electron chi connectivity index (χ0n) is 8.03. The molecule has 2 aromatic rings. The van der Waals surface area contributed by atoms with Gasteiger partial charge >= 0.3 is 5.97 Å². The lowest BCUT2D eigenvalue weighted by Crippen LogP contribution is -2.05. The average Bonchev–Trinajstić information content (AvgIpc) is 2.29. The van der Waals surface area contributed by atoms with Crippen molar-refractivity contribution >= 4 is 16.9 Å². The molecule has 2 rings (SSSR count). The number of pyridine rings is 1. The van der Waals surface area contributed by atoms with E-state index in [-0.39, 0.29) is 11.1 Å². The average molecular weight is 205 g/mol. The molecule has 3 nitrogen and oxygen atoms in total. The predicted molar refractivity (Wildman–Crippen MR) is 53.0 cm³/mol. The van der Waals surface area contributed by atoms with Gasteiger partial charge in [-0.2, -0.15) is 0 Å². The van der Waals surface area contributed by atoms with Gasteiger partial charge in [-0.05, 0) is 12.1 Å². The second-order valence-corrected chi connectivity index (χ2v) is 2.99. The van der Waals surface area contributed by atoms with Crippen molar-refractivity contribution in [2.24, 2.45) is 0 Å². The summed E-state index contributed by atoms with van der Waals surface area (Å²) in [5, 5.41) is 0.655. The Morgan fingerprint density at radius 1 is 1.40 bits per heavy atom. The maximum Gasteiger partial charge on any atom is 0.340 e. The number of carbonyl (C=O) groups excluding carboxylic acids is 1. The third-order valence-corrected chi connectivity index (χ3v) is 2.12. The molecule has 1 aromatic carbocycles. The van der Waals surface area contributed by atoms with Gasteiger partial charge in [-0.25, -0.2) is 9.18 Å². The van der Waals surface area contributed by atoms with Crippen LogP contribution in [-0.4, -0.2) is 18.1 Å². The monoisotopic (exact) mass is 205 g/mol. The number of hydrogen-bond donors (Lipinski definition) is 0. The molecule has 0 spiro atoms. The van der Waals surface area contributed by atoms with Crippen molar-refractivity contribution in [3.63, 3.8) is 0 Å². The molecule has 0 saturated carbocycles. The summed E-state index contributed by atoms with van der Waals surface area (Å²) in [6.07, 6.45) is 1.48. The molecule has 1 aromatic heterocycles. The van der Waals surface area contributed by atoms with Gasteiger partial charge in [0.1, 0.15) is 5.52 Å². The van der Waals surface area contributed by atoms with Crippen LogP contribution in [0.5, 0.6) is 0 Å². The number of methoxy groups -OCH3 is 1. The summed E-state index contributed by atoms with van der Waals surface area (Å²) in [7, 11) is 1.21. The molecule has 0 bridgehead atoms. The van der Waals surface area contributed by atoms with Crippen molar-refractivity contribution in [1.29, 1.82) is 0 Å². The van der Waals surface area contributed by atoms with E-state index in [9.17, 15) is 9.18 Å². The minimum Gasteiger partial charge on any atom is -0.465 e. The van der Waals surface area contributed by atoms with E-state index in [0.29, 0.717) is 5.39 Å². The highest BCUT2D eigenvalue weighted by Crippen LogP contribution is 2.19. The molecule has 0 unspecified atom stereocenters. The lowest BCUT2D eigenvalue weighted by molar-refractivity contribution is 0.0596. The van der Waals surface area contributed by atoms with Crippen LogP contribution in [-0.2, 0) is 4.74 Å². The van der Waals surface area contributed by atoms with Crippen LogP contribution in [0.1, 0.15) is 10.4 Å². The van der Waals surface area contributed by atoms with Crippen LogP contribution >= 0.6 is 0 Å². The Hall–Kier alpha value is -1.97. The fourth-order valence-electron chi connectivity index (χ4n) is 1.38. The van der Waals surface area contributed by atoms with Gasteiger partial charge in [-0.1, -0.05) is 12.1 Å². The summed E-state index contributed by atoms with van der Waals surface area (Å²) < 4.78 is 18.2. The second-order valence-electron chi connectivity index (χ2n) is 2.99. The Morgan fingerprint density at radius 3 is 2.93 bits per heavy atom. The van der Waals surface area contributed by atoms with Crippen LogP contribution in [0.2, 0.25) is 0 Å². The fourth-order valence-corrected chi connectivity index (χ4v) is 1.38. The molecular formula is C11H8FNO2. The summed E-state index contributed by atoms with van der Waals surface area (Å²) in [6.45, 7) is 0. The van der Waals surface area contributed by atoms with Crippen molar-refractivity contribution in [1.82, 2.24) is 4.98 Å². The van der Waals surface area contributed by atoms with Gasteiger partial charge in [0, 0.05) is 11.6 Å². The van der Waals surface area contributed by atoms with Gasteiger partial charge in [0.2, 0.25) is 0 Å². The van der Waals surface area contributed by atoms with Crippen molar-refractivity contribution in [3.05, 3.63) is 41.8 Å². The Bertz CT molecular complexity index is 525. The molecule has 0 radical (unpaired) electrons. The SMILES string of the molecule is COC(=O)c1ccc2cccnc2c1F. The number of nitrogens with zero attached hydrogens (tertiary/aromatic N) is 1. The zero-order chi connectivity index (χ0) is 10.8. The van der Waals surface area contributed by atoms with Gasteiger partial charge in [-0.3, -0.25) is 4.98 Å². The molecule has 1 heterocycles. The quantitative estimate of drug-likeness (QED) is 0.669. The van der Waals surface area contributed by atoms with Gasteiger partial charge in [-0.15, -0.1) is 0 Å². The minimum atomic E-state index is -0.694. The highest BCUT2D eigenvalue weighted by atomic mass is 19.1. The van der Waals surface area contributed by atoms with E-state index < -0.39 is 11.8 Å². The van der Waals surface area contributed by atoms with Crippen LogP contribution in [0.15, 0.2) is 30.5 Å². The summed E-state index contributed by atoms with van der Waals surface area (Å²) in [5.41, 5.74) is 0.0871. The van der Waals surface area contributed by atoms with E-state index in [1.54, 1.807) is 18.2 Å². The highest BCUT2D eigenvalue weighted by Gasteiger charge is 2.14. The largest absolute Gasteiger partial charge is 0.465 e. The number of rotatable bonds is 1. The predicted octanol–water partition coefficient (Wildman–Crippen LogP) is 2.16. The first-order chi connectivity index (χ1) is 7.24. The zero-order valence-corrected chi connectivity index (χ0v) is 8.03. The molecule has 0 N–H and O–H groups in total. The van der Waals surface area contributed by atoms with Crippen LogP contribution in [0.4, 0.5) is 4.39 Å². The first kappa shape index (κ1) is 9.58. The fraction of sp³-hybridized carbons (Fsp3) is 0.0909. The first-order valence-corrected chi connectivity index (χ1v) is 4.35. The van der Waals surface area contributed by atoms with E-state index >= 15 is 0 Å². The van der Waals surface area contributed by atoms with Gasteiger partial charge in [0.25, 0.3) is 0 Å². The van der Waals surface area contributed by atoms with Crippen molar-refractivity contribution in [2.45, 2.75) is 0 Å². The number of carbonyl (C=O) groups is 1. The molecule has 0 aliphatic heterocycles. The number of fused-ring (bicyclic) bond motifs is 1.